The molecule has 0 radical (unpaired) electrons. The molecule has 4 rings (SSSR count). The molecular weight excluding hydrogens is 414 g/mol. The van der Waals surface area contributed by atoms with Crippen LogP contribution < -0.4 is 10.2 Å². The van der Waals surface area contributed by atoms with Crippen LogP contribution in [0.5, 0.6) is 0 Å². The van der Waals surface area contributed by atoms with Gasteiger partial charge in [-0.15, -0.1) is 0 Å². The van der Waals surface area contributed by atoms with Crippen LogP contribution in [0.1, 0.15) is 24.1 Å². The molecule has 33 heavy (non-hydrogen) atoms. The van der Waals surface area contributed by atoms with Crippen LogP contribution in [0.3, 0.4) is 0 Å². The van der Waals surface area contributed by atoms with Gasteiger partial charge in [-0.1, -0.05) is 6.07 Å². The highest BCUT2D eigenvalue weighted by molar-refractivity contribution is 5.82. The molecule has 1 fully saturated rings. The Morgan fingerprint density at radius 2 is 1.97 bits per heavy atom. The average Bonchev–Trinajstić information content (AvgIpc) is 3.34. The van der Waals surface area contributed by atoms with E-state index in [9.17, 15) is 10.1 Å². The predicted molar refractivity (Wildman–Crippen MR) is 128 cm³/mol. The van der Waals surface area contributed by atoms with Gasteiger partial charge in [-0.2, -0.15) is 5.26 Å². The summed E-state index contributed by atoms with van der Waals surface area (Å²) in [5.74, 6) is 0.560. The second-order valence-electron chi connectivity index (χ2n) is 8.42. The maximum Gasteiger partial charge on any atom is 0.227 e. The molecule has 2 aromatic heterocycles. The normalized spacial score (nSPS) is 13.2. The molecule has 0 bridgehead atoms. The molecule has 1 saturated heterocycles. The molecule has 0 atom stereocenters. The van der Waals surface area contributed by atoms with Crippen LogP contribution in [0.2, 0.25) is 0 Å². The number of carbonyl (C=O) groups is 1. The Kier molecular flexibility index (Phi) is 6.91. The van der Waals surface area contributed by atoms with E-state index in [1.165, 1.54) is 0 Å². The van der Waals surface area contributed by atoms with E-state index in [-0.39, 0.29) is 5.78 Å². The summed E-state index contributed by atoms with van der Waals surface area (Å²) in [4.78, 5) is 29.4. The van der Waals surface area contributed by atoms with Crippen molar-refractivity contribution in [1.29, 1.82) is 5.26 Å². The van der Waals surface area contributed by atoms with Gasteiger partial charge >= 0.3 is 0 Å². The van der Waals surface area contributed by atoms with Crippen molar-refractivity contribution < 1.29 is 4.79 Å². The molecule has 0 unspecified atom stereocenters. The molecule has 0 spiro atoms. The molecule has 1 N–H and O–H groups in total. The van der Waals surface area contributed by atoms with Crippen molar-refractivity contribution in [2.24, 2.45) is 0 Å². The van der Waals surface area contributed by atoms with Crippen molar-refractivity contribution in [3.63, 3.8) is 0 Å². The monoisotopic (exact) mass is 441 g/mol. The molecular formula is C25H27N7O. The van der Waals surface area contributed by atoms with Gasteiger partial charge in [0.05, 0.1) is 41.8 Å². The molecule has 0 saturated carbocycles. The summed E-state index contributed by atoms with van der Waals surface area (Å²) in [5.41, 5.74) is 4.71. The van der Waals surface area contributed by atoms with Gasteiger partial charge in [0.2, 0.25) is 5.95 Å². The number of rotatable bonds is 8. The third-order valence-corrected chi connectivity index (χ3v) is 5.47. The van der Waals surface area contributed by atoms with Crippen LogP contribution in [0.25, 0.3) is 11.3 Å². The number of carbonyl (C=O) groups excluding carboxylic acids is 1. The van der Waals surface area contributed by atoms with Crippen LogP contribution in [0, 0.1) is 11.3 Å². The number of hydrogen-bond acceptors (Lipinski definition) is 8. The lowest BCUT2D eigenvalue weighted by molar-refractivity contribution is -0.119. The fourth-order valence-corrected chi connectivity index (χ4v) is 3.94. The Balaban J connectivity index is 1.47. The Morgan fingerprint density at radius 3 is 2.67 bits per heavy atom. The molecule has 8 heteroatoms. The third-order valence-electron chi connectivity index (χ3n) is 5.47. The summed E-state index contributed by atoms with van der Waals surface area (Å²) in [5, 5.41) is 12.8. The van der Waals surface area contributed by atoms with Gasteiger partial charge in [-0.05, 0) is 57.3 Å². The fourth-order valence-electron chi connectivity index (χ4n) is 3.94. The van der Waals surface area contributed by atoms with E-state index in [1.807, 2.05) is 55.4 Å². The molecule has 8 nitrogen and oxygen atoms in total. The van der Waals surface area contributed by atoms with Crippen LogP contribution >= 0.6 is 0 Å². The molecule has 1 aromatic carbocycles. The van der Waals surface area contributed by atoms with E-state index in [1.54, 1.807) is 12.4 Å². The van der Waals surface area contributed by atoms with Gasteiger partial charge in [0.1, 0.15) is 6.07 Å². The standard InChI is InChI=1S/C25H27N7O/c1-31(2)17-22(33)14-20-6-7-21(16-28-20)29-25-27-10-9-23(30-25)18-5-8-24(19(13-18)15-26)32-11-3-4-12-32/h5-10,13,16H,3-4,11-12,14,17H2,1-2H3,(H,27,29,30). The van der Waals surface area contributed by atoms with E-state index in [0.717, 1.165) is 54.3 Å². The van der Waals surface area contributed by atoms with Crippen LogP contribution in [0.4, 0.5) is 17.3 Å². The van der Waals surface area contributed by atoms with Crippen molar-refractivity contribution in [3.8, 4) is 17.3 Å². The Morgan fingerprint density at radius 1 is 1.15 bits per heavy atom. The number of likely N-dealkylation sites (N-methyl/N-ethyl adjacent to an activating group) is 1. The second kappa shape index (κ2) is 10.2. The van der Waals surface area contributed by atoms with E-state index >= 15 is 0 Å². The molecule has 1 aliphatic heterocycles. The summed E-state index contributed by atoms with van der Waals surface area (Å²) in [6.07, 6.45) is 5.99. The maximum atomic E-state index is 12.0. The van der Waals surface area contributed by atoms with Gasteiger partial charge in [0.25, 0.3) is 0 Å². The molecule has 1 aliphatic rings. The molecule has 168 valence electrons. The topological polar surface area (TPSA) is 98.0 Å². The Hall–Kier alpha value is -3.83. The number of benzene rings is 1. The number of anilines is 3. The zero-order valence-electron chi connectivity index (χ0n) is 19.0. The minimum absolute atomic E-state index is 0.122. The lowest BCUT2D eigenvalue weighted by Gasteiger charge is -2.19. The van der Waals surface area contributed by atoms with Crippen molar-refractivity contribution in [2.75, 3.05) is 43.9 Å². The van der Waals surface area contributed by atoms with Gasteiger partial charge in [0, 0.05) is 30.5 Å². The fraction of sp³-hybridized carbons (Fsp3) is 0.320. The van der Waals surface area contributed by atoms with Crippen LogP contribution in [-0.2, 0) is 11.2 Å². The minimum Gasteiger partial charge on any atom is -0.370 e. The zero-order chi connectivity index (χ0) is 23.2. The molecule has 3 heterocycles. The molecule has 0 amide bonds. The molecule has 3 aromatic rings. The van der Waals surface area contributed by atoms with E-state index in [2.05, 4.69) is 31.2 Å². The summed E-state index contributed by atoms with van der Waals surface area (Å²) in [7, 11) is 3.74. The van der Waals surface area contributed by atoms with Crippen LogP contribution in [-0.4, -0.2) is 59.4 Å². The first-order valence-electron chi connectivity index (χ1n) is 11.0. The lowest BCUT2D eigenvalue weighted by Crippen LogP contribution is -2.23. The number of nitrogens with one attached hydrogen (secondary N) is 1. The SMILES string of the molecule is CN(C)CC(=O)Cc1ccc(Nc2nccc(-c3ccc(N4CCCC4)c(C#N)c3)n2)cn1. The Labute approximate surface area is 193 Å². The zero-order valence-corrected chi connectivity index (χ0v) is 19.0. The summed E-state index contributed by atoms with van der Waals surface area (Å²) >= 11 is 0. The van der Waals surface area contributed by atoms with Gasteiger partial charge in [-0.3, -0.25) is 9.78 Å². The summed E-state index contributed by atoms with van der Waals surface area (Å²) in [6, 6.07) is 13.7. The number of hydrogen-bond donors (Lipinski definition) is 1. The highest BCUT2D eigenvalue weighted by Gasteiger charge is 2.17. The average molecular weight is 442 g/mol. The van der Waals surface area contributed by atoms with E-state index in [4.69, 9.17) is 0 Å². The van der Waals surface area contributed by atoms with Crippen LogP contribution in [0.15, 0.2) is 48.8 Å². The Bertz CT molecular complexity index is 1160. The van der Waals surface area contributed by atoms with Gasteiger partial charge < -0.3 is 15.1 Å². The van der Waals surface area contributed by atoms with E-state index in [0.29, 0.717) is 24.5 Å². The summed E-state index contributed by atoms with van der Waals surface area (Å²) in [6.45, 7) is 2.38. The summed E-state index contributed by atoms with van der Waals surface area (Å²) < 4.78 is 0. The number of ketones is 1. The highest BCUT2D eigenvalue weighted by Crippen LogP contribution is 2.29. The van der Waals surface area contributed by atoms with Gasteiger partial charge in [0.15, 0.2) is 5.78 Å². The van der Waals surface area contributed by atoms with Crippen molar-refractivity contribution in [1.82, 2.24) is 19.9 Å². The van der Waals surface area contributed by atoms with Gasteiger partial charge in [-0.25, -0.2) is 9.97 Å². The van der Waals surface area contributed by atoms with E-state index < -0.39 is 0 Å². The predicted octanol–water partition coefficient (Wildman–Crippen LogP) is 3.43. The van der Waals surface area contributed by atoms with Crippen molar-refractivity contribution in [2.45, 2.75) is 19.3 Å². The first-order valence-corrected chi connectivity index (χ1v) is 11.0. The number of aromatic nitrogens is 3. The molecule has 0 aliphatic carbocycles. The van der Waals surface area contributed by atoms with Crippen molar-refractivity contribution in [3.05, 3.63) is 60.0 Å². The minimum atomic E-state index is 0.122. The quantitative estimate of drug-likeness (QED) is 0.568. The number of nitrogens with zero attached hydrogens (tertiary/aromatic N) is 6. The maximum absolute atomic E-state index is 12.0. The first kappa shape index (κ1) is 22.4. The van der Waals surface area contributed by atoms with Crippen molar-refractivity contribution >= 4 is 23.1 Å². The smallest absolute Gasteiger partial charge is 0.227 e. The number of Topliss-reactive ketones (excluding diaryl/α,β-unsaturated/α-hetero) is 1. The largest absolute Gasteiger partial charge is 0.370 e. The number of pyridine rings is 1. The third kappa shape index (κ3) is 5.70. The number of nitriles is 1. The highest BCUT2D eigenvalue weighted by atomic mass is 16.1. The first-order chi connectivity index (χ1) is 16.0. The lowest BCUT2D eigenvalue weighted by atomic mass is 10.1. The second-order valence-corrected chi connectivity index (χ2v) is 8.42.